The van der Waals surface area contributed by atoms with Crippen molar-refractivity contribution in [3.8, 4) is 28.9 Å². The van der Waals surface area contributed by atoms with Gasteiger partial charge in [0.2, 0.25) is 11.6 Å². The minimum absolute atomic E-state index is 0.00833. The Hall–Kier alpha value is -5.05. The topological polar surface area (TPSA) is 170 Å². The minimum Gasteiger partial charge on any atom is -0.494 e. The molecule has 0 radical (unpaired) electrons. The summed E-state index contributed by atoms with van der Waals surface area (Å²) in [4.78, 5) is 13.1. The van der Waals surface area contributed by atoms with Crippen molar-refractivity contribution in [2.24, 2.45) is 5.10 Å². The van der Waals surface area contributed by atoms with Gasteiger partial charge in [-0.1, -0.05) is 24.3 Å². The Morgan fingerprint density at radius 3 is 2.57 bits per heavy atom. The number of nitriles is 1. The fraction of sp³-hybridized carbons (Fsp3) is 0.174. The van der Waals surface area contributed by atoms with Gasteiger partial charge in [-0.2, -0.15) is 15.0 Å². The van der Waals surface area contributed by atoms with E-state index in [1.807, 2.05) is 6.92 Å². The molecule has 0 fully saturated rings. The van der Waals surface area contributed by atoms with Gasteiger partial charge in [-0.15, -0.1) is 5.10 Å². The number of rotatable bonds is 8. The van der Waals surface area contributed by atoms with E-state index in [1.165, 1.54) is 4.68 Å². The van der Waals surface area contributed by atoms with Crippen LogP contribution in [0.2, 0.25) is 0 Å². The van der Waals surface area contributed by atoms with Crippen molar-refractivity contribution in [1.29, 1.82) is 5.26 Å². The van der Waals surface area contributed by atoms with Crippen molar-refractivity contribution in [1.82, 2.24) is 30.7 Å². The quantitative estimate of drug-likeness (QED) is 0.289. The fourth-order valence-corrected chi connectivity index (χ4v) is 3.15. The maximum absolute atomic E-state index is 13.1. The van der Waals surface area contributed by atoms with Gasteiger partial charge in [0.1, 0.15) is 11.4 Å². The zero-order chi connectivity index (χ0) is 24.8. The normalized spacial score (nSPS) is 11.2. The molecule has 2 aromatic carbocycles. The van der Waals surface area contributed by atoms with Gasteiger partial charge in [-0.3, -0.25) is 4.79 Å². The van der Waals surface area contributed by atoms with Crippen molar-refractivity contribution in [3.63, 3.8) is 0 Å². The van der Waals surface area contributed by atoms with E-state index in [-0.39, 0.29) is 17.3 Å². The van der Waals surface area contributed by atoms with Crippen LogP contribution < -0.4 is 15.9 Å². The fourth-order valence-electron chi connectivity index (χ4n) is 3.15. The number of hydrazone groups is 1. The van der Waals surface area contributed by atoms with Crippen molar-refractivity contribution in [3.05, 3.63) is 65.4 Å². The monoisotopic (exact) mass is 471 g/mol. The summed E-state index contributed by atoms with van der Waals surface area (Å²) in [5, 5.41) is 28.5. The molecule has 3 N–H and O–H groups in total. The summed E-state index contributed by atoms with van der Waals surface area (Å²) in [6.07, 6.45) is 0.879. The maximum Gasteiger partial charge on any atom is 0.294 e. The summed E-state index contributed by atoms with van der Waals surface area (Å²) in [5.74, 6) is 0.169. The van der Waals surface area contributed by atoms with Crippen LogP contribution in [0.3, 0.4) is 0 Å². The third-order valence-electron chi connectivity index (χ3n) is 4.94. The largest absolute Gasteiger partial charge is 0.494 e. The molecule has 12 heteroatoms. The molecule has 0 aliphatic heterocycles. The average Bonchev–Trinajstić information content (AvgIpc) is 3.52. The molecular weight excluding hydrogens is 450 g/mol. The number of anilines is 1. The van der Waals surface area contributed by atoms with Crippen LogP contribution in [0, 0.1) is 11.3 Å². The Morgan fingerprint density at radius 2 is 1.94 bits per heavy atom. The predicted molar refractivity (Wildman–Crippen MR) is 126 cm³/mol. The number of carbonyl (C=O) groups is 1. The van der Waals surface area contributed by atoms with Gasteiger partial charge >= 0.3 is 0 Å². The molecule has 2 aromatic heterocycles. The zero-order valence-corrected chi connectivity index (χ0v) is 19.0. The lowest BCUT2D eigenvalue weighted by atomic mass is 10.1. The summed E-state index contributed by atoms with van der Waals surface area (Å²) in [6, 6.07) is 16.0. The Bertz CT molecular complexity index is 1400. The molecule has 35 heavy (non-hydrogen) atoms. The first-order valence-electron chi connectivity index (χ1n) is 10.6. The third-order valence-corrected chi connectivity index (χ3v) is 4.94. The standard InChI is InChI=1S/C23H21N9O3/c1-3-12-34-18-10-8-17(9-11-18)20-19(27-31-32(20)22-21(25)29-35-30-22)23(33)28-26-14(2)16-6-4-15(13-24)5-7-16/h4-11H,3,12H2,1-2H3,(H2,25,29)(H,28,33)/b26-14-. The van der Waals surface area contributed by atoms with Gasteiger partial charge in [0, 0.05) is 5.56 Å². The van der Waals surface area contributed by atoms with Crippen LogP contribution in [0.4, 0.5) is 5.82 Å². The van der Waals surface area contributed by atoms with E-state index in [4.69, 9.17) is 20.4 Å². The number of amides is 1. The molecule has 176 valence electrons. The summed E-state index contributed by atoms with van der Waals surface area (Å²) < 4.78 is 11.6. The molecule has 1 amide bonds. The van der Waals surface area contributed by atoms with E-state index in [2.05, 4.69) is 37.2 Å². The van der Waals surface area contributed by atoms with E-state index in [0.29, 0.717) is 34.9 Å². The summed E-state index contributed by atoms with van der Waals surface area (Å²) in [6.45, 7) is 4.34. The SMILES string of the molecule is CCCOc1ccc(-c2c(C(=O)N/N=C(/C)c3ccc(C#N)cc3)nnn2-c2nonc2N)cc1. The second kappa shape index (κ2) is 10.3. The van der Waals surface area contributed by atoms with Crippen molar-refractivity contribution in [2.45, 2.75) is 20.3 Å². The zero-order valence-electron chi connectivity index (χ0n) is 19.0. The van der Waals surface area contributed by atoms with Crippen LogP contribution in [0.1, 0.15) is 41.9 Å². The molecule has 0 spiro atoms. The molecule has 0 saturated carbocycles. The number of nitrogens with zero attached hydrogens (tertiary/aromatic N) is 7. The highest BCUT2D eigenvalue weighted by atomic mass is 16.6. The molecule has 0 saturated heterocycles. The van der Waals surface area contributed by atoms with Crippen LogP contribution in [-0.4, -0.2) is 43.5 Å². The Labute approximate surface area is 200 Å². The number of hydrogen-bond acceptors (Lipinski definition) is 10. The van der Waals surface area contributed by atoms with Gasteiger partial charge in [-0.05, 0) is 65.6 Å². The van der Waals surface area contributed by atoms with Crippen LogP contribution in [0.5, 0.6) is 5.75 Å². The highest BCUT2D eigenvalue weighted by Gasteiger charge is 2.25. The summed E-state index contributed by atoms with van der Waals surface area (Å²) in [7, 11) is 0. The van der Waals surface area contributed by atoms with Gasteiger partial charge in [0.25, 0.3) is 5.91 Å². The number of nitrogen functional groups attached to an aromatic ring is 1. The number of carbonyl (C=O) groups excluding carboxylic acids is 1. The number of nitrogens with one attached hydrogen (secondary N) is 1. The Balaban J connectivity index is 1.66. The molecule has 0 atom stereocenters. The summed E-state index contributed by atoms with van der Waals surface area (Å²) >= 11 is 0. The lowest BCUT2D eigenvalue weighted by molar-refractivity contribution is 0.0950. The summed E-state index contributed by atoms with van der Waals surface area (Å²) in [5.41, 5.74) is 11.1. The maximum atomic E-state index is 13.1. The number of benzene rings is 2. The van der Waals surface area contributed by atoms with E-state index in [0.717, 1.165) is 12.0 Å². The van der Waals surface area contributed by atoms with Crippen LogP contribution >= 0.6 is 0 Å². The molecular formula is C23H21N9O3. The number of hydrogen-bond donors (Lipinski definition) is 2. The first-order valence-corrected chi connectivity index (χ1v) is 10.6. The molecule has 0 aliphatic carbocycles. The second-order valence-corrected chi connectivity index (χ2v) is 7.37. The molecule has 12 nitrogen and oxygen atoms in total. The Kier molecular flexibility index (Phi) is 6.78. The first kappa shape index (κ1) is 23.1. The van der Waals surface area contributed by atoms with Gasteiger partial charge in [0.15, 0.2) is 5.69 Å². The highest BCUT2D eigenvalue weighted by molar-refractivity contribution is 6.02. The number of aromatic nitrogens is 5. The predicted octanol–water partition coefficient (Wildman–Crippen LogP) is 2.71. The molecule has 2 heterocycles. The van der Waals surface area contributed by atoms with E-state index in [1.54, 1.807) is 55.5 Å². The average molecular weight is 471 g/mol. The van der Waals surface area contributed by atoms with Crippen LogP contribution in [0.25, 0.3) is 17.1 Å². The van der Waals surface area contributed by atoms with Crippen molar-refractivity contribution < 1.29 is 14.2 Å². The minimum atomic E-state index is -0.597. The molecule has 0 bridgehead atoms. The molecule has 4 aromatic rings. The second-order valence-electron chi connectivity index (χ2n) is 7.37. The van der Waals surface area contributed by atoms with E-state index in [9.17, 15) is 4.79 Å². The van der Waals surface area contributed by atoms with Crippen LogP contribution in [-0.2, 0) is 0 Å². The van der Waals surface area contributed by atoms with E-state index < -0.39 is 5.91 Å². The van der Waals surface area contributed by atoms with Gasteiger partial charge < -0.3 is 10.5 Å². The van der Waals surface area contributed by atoms with Gasteiger partial charge in [-0.25, -0.2) is 10.1 Å². The third kappa shape index (κ3) is 4.98. The van der Waals surface area contributed by atoms with Gasteiger partial charge in [0.05, 0.1) is 24.0 Å². The Morgan fingerprint density at radius 1 is 1.20 bits per heavy atom. The van der Waals surface area contributed by atoms with E-state index >= 15 is 0 Å². The van der Waals surface area contributed by atoms with Crippen molar-refractivity contribution >= 4 is 17.4 Å². The first-order chi connectivity index (χ1) is 17.0. The van der Waals surface area contributed by atoms with Crippen molar-refractivity contribution in [2.75, 3.05) is 12.3 Å². The number of nitrogens with two attached hydrogens (primary N) is 1. The smallest absolute Gasteiger partial charge is 0.294 e. The van der Waals surface area contributed by atoms with Crippen LogP contribution in [0.15, 0.2) is 58.3 Å². The highest BCUT2D eigenvalue weighted by Crippen LogP contribution is 2.28. The number of ether oxygens (including phenoxy) is 1. The molecule has 0 unspecified atom stereocenters. The molecule has 0 aliphatic rings. The lowest BCUT2D eigenvalue weighted by Crippen LogP contribution is -2.21. The lowest BCUT2D eigenvalue weighted by Gasteiger charge is -2.08. The molecule has 4 rings (SSSR count).